The van der Waals surface area contributed by atoms with Gasteiger partial charge in [0.1, 0.15) is 5.56 Å². The molecule has 2 rings (SSSR count). The first kappa shape index (κ1) is 11.1. The monoisotopic (exact) mass is 234 g/mol. The Labute approximate surface area is 95.9 Å². The molecular weight excluding hydrogens is 224 g/mol. The summed E-state index contributed by atoms with van der Waals surface area (Å²) in [7, 11) is 1.62. The third kappa shape index (κ3) is 2.07. The van der Waals surface area contributed by atoms with Crippen molar-refractivity contribution in [2.75, 3.05) is 0 Å². The van der Waals surface area contributed by atoms with Crippen molar-refractivity contribution in [3.8, 4) is 0 Å². The van der Waals surface area contributed by atoms with Gasteiger partial charge >= 0.3 is 5.97 Å². The summed E-state index contributed by atoms with van der Waals surface area (Å²) < 4.78 is 2.61. The van der Waals surface area contributed by atoms with Gasteiger partial charge in [-0.05, 0) is 6.07 Å². The Balaban J connectivity index is 2.43. The molecule has 0 bridgehead atoms. The smallest absolute Gasteiger partial charge is 0.339 e. The van der Waals surface area contributed by atoms with E-state index in [4.69, 9.17) is 5.11 Å². The number of hydrogen-bond donors (Lipinski definition) is 1. The number of nitrogens with zero attached hydrogens (tertiary/aromatic N) is 4. The molecule has 2 heterocycles. The second-order valence-electron chi connectivity index (χ2n) is 3.45. The molecule has 0 saturated carbocycles. The van der Waals surface area contributed by atoms with E-state index >= 15 is 0 Å². The Morgan fingerprint density at radius 1 is 1.47 bits per heavy atom. The van der Waals surface area contributed by atoms with E-state index in [0.717, 1.165) is 0 Å². The first-order chi connectivity index (χ1) is 8.09. The summed E-state index contributed by atoms with van der Waals surface area (Å²) in [5, 5.41) is 16.7. The molecule has 0 radical (unpaired) electrons. The zero-order chi connectivity index (χ0) is 12.4. The topological polar surface area (TPSA) is 90.0 Å². The third-order valence-electron chi connectivity index (χ3n) is 2.38. The van der Waals surface area contributed by atoms with Gasteiger partial charge < -0.3 is 5.11 Å². The summed E-state index contributed by atoms with van der Waals surface area (Å²) in [6.07, 6.45) is 2.73. The van der Waals surface area contributed by atoms with Gasteiger partial charge in [-0.2, -0.15) is 10.2 Å². The molecule has 0 spiro atoms. The van der Waals surface area contributed by atoms with Gasteiger partial charge in [0.2, 0.25) is 0 Å². The molecule has 0 unspecified atom stereocenters. The molecule has 7 nitrogen and oxygen atoms in total. The molecule has 2 aromatic heterocycles. The van der Waals surface area contributed by atoms with E-state index in [1.54, 1.807) is 7.05 Å². The minimum atomic E-state index is -1.07. The molecule has 88 valence electrons. The van der Waals surface area contributed by atoms with Gasteiger partial charge in [-0.25, -0.2) is 9.48 Å². The molecule has 0 saturated heterocycles. The van der Waals surface area contributed by atoms with Gasteiger partial charge in [0, 0.05) is 19.3 Å². The Morgan fingerprint density at radius 2 is 2.24 bits per heavy atom. The molecule has 0 aliphatic heterocycles. The first-order valence-electron chi connectivity index (χ1n) is 4.86. The lowest BCUT2D eigenvalue weighted by Crippen LogP contribution is -2.23. The Bertz CT molecular complexity index is 614. The van der Waals surface area contributed by atoms with Crippen molar-refractivity contribution >= 4 is 5.97 Å². The van der Waals surface area contributed by atoms with Crippen LogP contribution in [0.1, 0.15) is 16.1 Å². The quantitative estimate of drug-likeness (QED) is 0.789. The molecule has 7 heteroatoms. The second kappa shape index (κ2) is 4.20. The van der Waals surface area contributed by atoms with Crippen molar-refractivity contribution in [2.24, 2.45) is 7.05 Å². The fourth-order valence-electron chi connectivity index (χ4n) is 1.48. The Kier molecular flexibility index (Phi) is 2.73. The summed E-state index contributed by atoms with van der Waals surface area (Å²) in [4.78, 5) is 22.4. The number of carboxylic acids is 1. The summed E-state index contributed by atoms with van der Waals surface area (Å²) >= 11 is 0. The van der Waals surface area contributed by atoms with Gasteiger partial charge in [0.25, 0.3) is 5.56 Å². The number of aromatic nitrogens is 4. The highest BCUT2D eigenvalue weighted by molar-refractivity contribution is 5.88. The van der Waals surface area contributed by atoms with Crippen LogP contribution in [0.3, 0.4) is 0 Å². The van der Waals surface area contributed by atoms with E-state index in [9.17, 15) is 9.59 Å². The van der Waals surface area contributed by atoms with Crippen LogP contribution >= 0.6 is 0 Å². The lowest BCUT2D eigenvalue weighted by molar-refractivity contribution is 0.0695. The van der Waals surface area contributed by atoms with Gasteiger partial charge in [-0.3, -0.25) is 9.48 Å². The average molecular weight is 234 g/mol. The number of hydrogen-bond acceptors (Lipinski definition) is 4. The molecule has 0 amide bonds. The fraction of sp³-hybridized carbons (Fsp3) is 0.200. The van der Waals surface area contributed by atoms with E-state index in [1.807, 2.05) is 0 Å². The molecule has 0 aromatic carbocycles. The van der Waals surface area contributed by atoms with Crippen molar-refractivity contribution in [3.63, 3.8) is 0 Å². The van der Waals surface area contributed by atoms with E-state index < -0.39 is 5.97 Å². The van der Waals surface area contributed by atoms with Crippen LogP contribution in [-0.2, 0) is 13.6 Å². The molecule has 0 aliphatic rings. The first-order valence-corrected chi connectivity index (χ1v) is 4.86. The highest BCUT2D eigenvalue weighted by Crippen LogP contribution is 2.07. The summed E-state index contributed by atoms with van der Waals surface area (Å²) in [6, 6.07) is 2.89. The van der Waals surface area contributed by atoms with Crippen LogP contribution in [0.4, 0.5) is 0 Å². The van der Waals surface area contributed by atoms with E-state index in [0.29, 0.717) is 5.69 Å². The number of aromatic carboxylic acids is 1. The minimum absolute atomic E-state index is 0.0741. The average Bonchev–Trinajstić information content (AvgIpc) is 2.64. The van der Waals surface area contributed by atoms with Gasteiger partial charge in [-0.15, -0.1) is 0 Å². The largest absolute Gasteiger partial charge is 0.478 e. The van der Waals surface area contributed by atoms with Crippen LogP contribution in [0.15, 0.2) is 29.3 Å². The fourth-order valence-corrected chi connectivity index (χ4v) is 1.48. The third-order valence-corrected chi connectivity index (χ3v) is 2.38. The van der Waals surface area contributed by atoms with Crippen molar-refractivity contribution in [3.05, 3.63) is 46.1 Å². The Hall–Kier alpha value is -2.44. The maximum atomic E-state index is 11.5. The number of aryl methyl sites for hydroxylation is 1. The predicted octanol–water partition coefficient (Wildman–Crippen LogP) is -0.277. The van der Waals surface area contributed by atoms with Crippen LogP contribution in [0.5, 0.6) is 0 Å². The van der Waals surface area contributed by atoms with Crippen molar-refractivity contribution < 1.29 is 9.90 Å². The lowest BCUT2D eigenvalue weighted by atomic mass is 10.2. The molecule has 0 aliphatic carbocycles. The van der Waals surface area contributed by atoms with E-state index in [1.165, 1.54) is 33.9 Å². The van der Waals surface area contributed by atoms with Crippen LogP contribution in [0, 0.1) is 0 Å². The van der Waals surface area contributed by atoms with E-state index in [2.05, 4.69) is 10.2 Å². The molecule has 1 N–H and O–H groups in total. The minimum Gasteiger partial charge on any atom is -0.478 e. The lowest BCUT2D eigenvalue weighted by Gasteiger charge is -2.05. The van der Waals surface area contributed by atoms with Gasteiger partial charge in [-0.1, -0.05) is 0 Å². The summed E-state index contributed by atoms with van der Waals surface area (Å²) in [6.45, 7) is 0.0812. The predicted molar refractivity (Wildman–Crippen MR) is 57.8 cm³/mol. The zero-order valence-electron chi connectivity index (χ0n) is 9.07. The highest BCUT2D eigenvalue weighted by Gasteiger charge is 2.15. The Morgan fingerprint density at radius 3 is 2.88 bits per heavy atom. The number of carbonyl (C=O) groups is 1. The second-order valence-corrected chi connectivity index (χ2v) is 3.45. The normalized spacial score (nSPS) is 10.4. The highest BCUT2D eigenvalue weighted by atomic mass is 16.4. The van der Waals surface area contributed by atoms with Crippen molar-refractivity contribution in [1.29, 1.82) is 0 Å². The van der Waals surface area contributed by atoms with Gasteiger partial charge in [0.15, 0.2) is 0 Å². The standard InChI is InChI=1S/C10H10N4O3/c1-13-8(7(5-12-13)10(16)17)6-14-9(15)3-2-4-11-14/h2-5H,6H2,1H3,(H,16,17). The molecular formula is C10H10N4O3. The van der Waals surface area contributed by atoms with Crippen LogP contribution in [0.2, 0.25) is 0 Å². The zero-order valence-corrected chi connectivity index (χ0v) is 9.07. The summed E-state index contributed by atoms with van der Waals surface area (Å²) in [5.41, 5.74) is 0.216. The maximum Gasteiger partial charge on any atom is 0.339 e. The van der Waals surface area contributed by atoms with Crippen molar-refractivity contribution in [1.82, 2.24) is 19.6 Å². The van der Waals surface area contributed by atoms with Crippen LogP contribution in [0.25, 0.3) is 0 Å². The van der Waals surface area contributed by atoms with Crippen LogP contribution in [-0.4, -0.2) is 30.6 Å². The van der Waals surface area contributed by atoms with Crippen molar-refractivity contribution in [2.45, 2.75) is 6.54 Å². The number of carboxylic acid groups (broad SMARTS) is 1. The molecule has 17 heavy (non-hydrogen) atoms. The molecule has 0 fully saturated rings. The van der Waals surface area contributed by atoms with E-state index in [-0.39, 0.29) is 17.7 Å². The molecule has 2 aromatic rings. The van der Waals surface area contributed by atoms with Gasteiger partial charge in [0.05, 0.1) is 18.4 Å². The number of rotatable bonds is 3. The molecule has 0 atom stereocenters. The summed E-state index contributed by atoms with van der Waals surface area (Å²) in [5.74, 6) is -1.07. The SMILES string of the molecule is Cn1ncc(C(=O)O)c1Cn1ncccc1=O. The van der Waals surface area contributed by atoms with Crippen LogP contribution < -0.4 is 5.56 Å². The maximum absolute atomic E-state index is 11.5.